The van der Waals surface area contributed by atoms with Crippen LogP contribution in [0, 0.1) is 20.8 Å². The third-order valence-electron chi connectivity index (χ3n) is 4.33. The monoisotopic (exact) mass is 341 g/mol. The van der Waals surface area contributed by atoms with Gasteiger partial charge >= 0.3 is 6.03 Å². The van der Waals surface area contributed by atoms with E-state index in [0.29, 0.717) is 6.54 Å². The van der Waals surface area contributed by atoms with E-state index in [1.54, 1.807) is 0 Å². The first-order valence-electron chi connectivity index (χ1n) is 8.40. The molecule has 2 amide bonds. The smallest absolute Gasteiger partial charge is 0.315 e. The normalized spacial score (nSPS) is 12.3. The Kier molecular flexibility index (Phi) is 4.74. The van der Waals surface area contributed by atoms with Gasteiger partial charge in [0.05, 0.1) is 24.0 Å². The zero-order valence-corrected chi connectivity index (χ0v) is 15.0. The Bertz CT molecular complexity index is 877. The minimum atomic E-state index is -0.236. The highest BCUT2D eigenvalue weighted by Crippen LogP contribution is 2.23. The minimum absolute atomic E-state index is 0.130. The molecule has 2 N–H and O–H groups in total. The second kappa shape index (κ2) is 6.96. The van der Waals surface area contributed by atoms with Crippen molar-refractivity contribution in [2.75, 3.05) is 0 Å². The van der Waals surface area contributed by atoms with Gasteiger partial charge < -0.3 is 19.6 Å². The zero-order chi connectivity index (χ0) is 18.0. The number of imidazole rings is 1. The van der Waals surface area contributed by atoms with Crippen molar-refractivity contribution in [3.8, 4) is 0 Å². The number of hydrogen-bond acceptors (Lipinski definition) is 4. The Morgan fingerprint density at radius 1 is 1.32 bits per heavy atom. The van der Waals surface area contributed by atoms with E-state index < -0.39 is 0 Å². The highest BCUT2D eigenvalue weighted by molar-refractivity contribution is 5.74. The number of carbonyl (C=O) groups excluding carboxylic acids is 1. The second-order valence-corrected chi connectivity index (χ2v) is 6.15. The lowest BCUT2D eigenvalue weighted by molar-refractivity contribution is 0.236. The van der Waals surface area contributed by atoms with Gasteiger partial charge in [-0.3, -0.25) is 0 Å². The fraction of sp³-hybridized carbons (Fsp3) is 0.389. The molecule has 7 heteroatoms. The largest absolute Gasteiger partial charge is 0.361 e. The van der Waals surface area contributed by atoms with Crippen LogP contribution in [0.1, 0.15) is 47.8 Å². The Balaban J connectivity index is 1.64. The number of rotatable bonds is 5. The summed E-state index contributed by atoms with van der Waals surface area (Å²) >= 11 is 0. The lowest BCUT2D eigenvalue weighted by atomic mass is 10.0. The van der Waals surface area contributed by atoms with Crippen molar-refractivity contribution in [1.29, 1.82) is 0 Å². The summed E-state index contributed by atoms with van der Waals surface area (Å²) in [5.41, 5.74) is 4.54. The minimum Gasteiger partial charge on any atom is -0.361 e. The van der Waals surface area contributed by atoms with E-state index in [0.717, 1.165) is 40.5 Å². The Hall–Kier alpha value is -2.83. The van der Waals surface area contributed by atoms with E-state index in [1.807, 2.05) is 56.5 Å². The van der Waals surface area contributed by atoms with Crippen molar-refractivity contribution in [3.63, 3.8) is 0 Å². The summed E-state index contributed by atoms with van der Waals surface area (Å²) < 4.78 is 7.21. The summed E-state index contributed by atoms with van der Waals surface area (Å²) in [6, 6.07) is 5.57. The van der Waals surface area contributed by atoms with Crippen LogP contribution in [0.2, 0.25) is 0 Å². The summed E-state index contributed by atoms with van der Waals surface area (Å²) in [6.45, 7) is 8.14. The van der Waals surface area contributed by atoms with Crippen molar-refractivity contribution < 1.29 is 9.32 Å². The fourth-order valence-electron chi connectivity index (χ4n) is 3.03. The van der Waals surface area contributed by atoms with Crippen LogP contribution >= 0.6 is 0 Å². The van der Waals surface area contributed by atoms with E-state index in [-0.39, 0.29) is 12.1 Å². The number of nitrogens with one attached hydrogen (secondary N) is 2. The lowest BCUT2D eigenvalue weighted by Gasteiger charge is -2.17. The molecular weight excluding hydrogens is 318 g/mol. The number of fused-ring (bicyclic) bond motifs is 1. The van der Waals surface area contributed by atoms with Gasteiger partial charge in [-0.25, -0.2) is 9.78 Å². The van der Waals surface area contributed by atoms with Crippen LogP contribution in [0.15, 0.2) is 28.9 Å². The van der Waals surface area contributed by atoms with Crippen LogP contribution in [-0.2, 0) is 6.54 Å². The van der Waals surface area contributed by atoms with Crippen LogP contribution in [0.4, 0.5) is 4.79 Å². The predicted octanol–water partition coefficient (Wildman–Crippen LogP) is 3.20. The molecular formula is C18H23N5O2. The van der Waals surface area contributed by atoms with Gasteiger partial charge in [0.25, 0.3) is 0 Å². The fourth-order valence-corrected chi connectivity index (χ4v) is 3.03. The second-order valence-electron chi connectivity index (χ2n) is 6.15. The third kappa shape index (κ3) is 3.50. The molecule has 0 radical (unpaired) electrons. The molecule has 0 saturated carbocycles. The van der Waals surface area contributed by atoms with Crippen LogP contribution in [0.3, 0.4) is 0 Å². The molecule has 3 aromatic heterocycles. The Labute approximate surface area is 146 Å². The highest BCUT2D eigenvalue weighted by Gasteiger charge is 2.20. The molecule has 0 unspecified atom stereocenters. The number of urea groups is 1. The van der Waals surface area contributed by atoms with Gasteiger partial charge in [0.15, 0.2) is 0 Å². The lowest BCUT2D eigenvalue weighted by Crippen LogP contribution is -2.37. The maximum Gasteiger partial charge on any atom is 0.315 e. The topological polar surface area (TPSA) is 84.5 Å². The number of pyridine rings is 1. The first kappa shape index (κ1) is 17.0. The molecule has 0 fully saturated rings. The highest BCUT2D eigenvalue weighted by atomic mass is 16.5. The van der Waals surface area contributed by atoms with Gasteiger partial charge in [-0.1, -0.05) is 18.1 Å². The van der Waals surface area contributed by atoms with Crippen LogP contribution in [-0.4, -0.2) is 20.6 Å². The molecule has 0 aliphatic carbocycles. The zero-order valence-electron chi connectivity index (χ0n) is 15.0. The molecule has 3 aromatic rings. The van der Waals surface area contributed by atoms with Crippen LogP contribution in [0.5, 0.6) is 0 Å². The molecule has 132 valence electrons. The number of hydrogen-bond donors (Lipinski definition) is 2. The van der Waals surface area contributed by atoms with E-state index in [2.05, 4.69) is 20.8 Å². The summed E-state index contributed by atoms with van der Waals surface area (Å²) in [5.74, 6) is 0.737. The number of carbonyl (C=O) groups is 1. The number of amides is 2. The SMILES string of the molecule is CC[C@@H](NC(=O)NCc1cn2c(C)cccc2n1)c1c(C)noc1C. The number of aromatic nitrogens is 3. The van der Waals surface area contributed by atoms with Gasteiger partial charge in [-0.15, -0.1) is 0 Å². The van der Waals surface area contributed by atoms with Crippen molar-refractivity contribution in [1.82, 2.24) is 25.2 Å². The molecule has 0 saturated heterocycles. The molecule has 3 heterocycles. The average Bonchev–Trinajstić information content (AvgIpc) is 3.15. The molecule has 1 atom stereocenters. The van der Waals surface area contributed by atoms with Gasteiger partial charge in [0, 0.05) is 17.5 Å². The molecule has 7 nitrogen and oxygen atoms in total. The third-order valence-corrected chi connectivity index (χ3v) is 4.33. The Morgan fingerprint density at radius 3 is 2.76 bits per heavy atom. The Morgan fingerprint density at radius 2 is 2.12 bits per heavy atom. The molecule has 25 heavy (non-hydrogen) atoms. The van der Waals surface area contributed by atoms with Crippen molar-refractivity contribution in [3.05, 3.63) is 52.8 Å². The number of aryl methyl sites for hydroxylation is 3. The van der Waals surface area contributed by atoms with E-state index >= 15 is 0 Å². The first-order valence-corrected chi connectivity index (χ1v) is 8.40. The van der Waals surface area contributed by atoms with Crippen molar-refractivity contribution in [2.24, 2.45) is 0 Å². The van der Waals surface area contributed by atoms with Gasteiger partial charge in [-0.2, -0.15) is 0 Å². The van der Waals surface area contributed by atoms with Crippen LogP contribution in [0.25, 0.3) is 5.65 Å². The first-order chi connectivity index (χ1) is 12.0. The van der Waals surface area contributed by atoms with E-state index in [4.69, 9.17) is 4.52 Å². The predicted molar refractivity (Wildman–Crippen MR) is 94.3 cm³/mol. The summed E-state index contributed by atoms with van der Waals surface area (Å²) in [7, 11) is 0. The van der Waals surface area contributed by atoms with Crippen LogP contribution < -0.4 is 10.6 Å². The average molecular weight is 341 g/mol. The quantitative estimate of drug-likeness (QED) is 0.746. The summed E-state index contributed by atoms with van der Waals surface area (Å²) in [5, 5.41) is 9.81. The van der Waals surface area contributed by atoms with E-state index in [1.165, 1.54) is 0 Å². The summed E-state index contributed by atoms with van der Waals surface area (Å²) in [4.78, 5) is 16.8. The molecule has 3 rings (SSSR count). The van der Waals surface area contributed by atoms with Crippen molar-refractivity contribution >= 4 is 11.7 Å². The summed E-state index contributed by atoms with van der Waals surface area (Å²) in [6.07, 6.45) is 2.69. The van der Waals surface area contributed by atoms with Gasteiger partial charge in [0.1, 0.15) is 11.4 Å². The van der Waals surface area contributed by atoms with E-state index in [9.17, 15) is 4.79 Å². The van der Waals surface area contributed by atoms with Gasteiger partial charge in [0.2, 0.25) is 0 Å². The van der Waals surface area contributed by atoms with Gasteiger partial charge in [-0.05, 0) is 39.3 Å². The maximum absolute atomic E-state index is 12.3. The standard InChI is InChI=1S/C18H23N5O2/c1-5-15(17-12(3)22-25-13(17)4)21-18(24)19-9-14-10-23-11(2)7-6-8-16(23)20-14/h6-8,10,15H,5,9H2,1-4H3,(H2,19,21,24)/t15-/m1/s1. The molecule has 0 aliphatic rings. The molecule has 0 aromatic carbocycles. The molecule has 0 spiro atoms. The maximum atomic E-state index is 12.3. The molecule has 0 aliphatic heterocycles. The van der Waals surface area contributed by atoms with Crippen molar-refractivity contribution in [2.45, 2.75) is 46.7 Å². The molecule has 0 bridgehead atoms. The number of nitrogens with zero attached hydrogens (tertiary/aromatic N) is 3.